The van der Waals surface area contributed by atoms with Crippen molar-refractivity contribution >= 4 is 39.1 Å². The van der Waals surface area contributed by atoms with Crippen LogP contribution in [0.2, 0.25) is 0 Å². The molecule has 39 heavy (non-hydrogen) atoms. The Morgan fingerprint density at radius 3 is 2.38 bits per heavy atom. The van der Waals surface area contributed by atoms with E-state index in [0.29, 0.717) is 24.7 Å². The van der Waals surface area contributed by atoms with E-state index in [-0.39, 0.29) is 22.0 Å². The number of likely N-dealkylation sites (tertiary alicyclic amines) is 1. The zero-order valence-electron chi connectivity index (χ0n) is 21.4. The van der Waals surface area contributed by atoms with E-state index in [1.165, 1.54) is 11.1 Å². The van der Waals surface area contributed by atoms with Gasteiger partial charge in [-0.15, -0.1) is 0 Å². The number of anilines is 1. The van der Waals surface area contributed by atoms with Gasteiger partial charge in [0.15, 0.2) is 0 Å². The number of hydrogen-bond donors (Lipinski definition) is 1. The average Bonchev–Trinajstić information content (AvgIpc) is 2.93. The summed E-state index contributed by atoms with van der Waals surface area (Å²) in [7, 11) is 2.01. The highest BCUT2D eigenvalue weighted by Crippen LogP contribution is 2.32. The first-order chi connectivity index (χ1) is 18.7. The topological polar surface area (TPSA) is 95.8 Å². The van der Waals surface area contributed by atoms with E-state index in [0.717, 1.165) is 43.5 Å². The molecule has 2 aliphatic rings. The van der Waals surface area contributed by atoms with Crippen LogP contribution in [0.1, 0.15) is 45.8 Å². The number of likely N-dealkylation sites (N-methyl/N-ethyl adjacent to an activating group) is 1. The molecule has 5 rings (SSSR count). The number of benzene rings is 3. The van der Waals surface area contributed by atoms with Gasteiger partial charge in [-0.3, -0.25) is 24.6 Å². The van der Waals surface area contributed by atoms with Crippen LogP contribution >= 0.6 is 15.9 Å². The van der Waals surface area contributed by atoms with Crippen molar-refractivity contribution in [1.29, 1.82) is 0 Å². The van der Waals surface area contributed by atoms with Gasteiger partial charge in [0.25, 0.3) is 11.6 Å². The Balaban J connectivity index is 1.18. The molecule has 2 amide bonds. The van der Waals surface area contributed by atoms with E-state index in [1.807, 2.05) is 36.2 Å². The Bertz CT molecular complexity index is 1420. The molecule has 1 atom stereocenters. The fourth-order valence-electron chi connectivity index (χ4n) is 5.48. The first-order valence-electron chi connectivity index (χ1n) is 12.8. The van der Waals surface area contributed by atoms with Crippen LogP contribution in [-0.4, -0.2) is 52.7 Å². The largest absolute Gasteiger partial charge is 0.341 e. The van der Waals surface area contributed by atoms with Gasteiger partial charge in [-0.05, 0) is 83.0 Å². The molecule has 10 heteroatoms. The quantitative estimate of drug-likeness (QED) is 0.310. The lowest BCUT2D eigenvalue weighted by Gasteiger charge is -2.39. The summed E-state index contributed by atoms with van der Waals surface area (Å²) in [6.07, 6.45) is 2.44. The summed E-state index contributed by atoms with van der Waals surface area (Å²) in [5, 5.41) is 13.8. The highest BCUT2D eigenvalue weighted by Gasteiger charge is 2.34. The lowest BCUT2D eigenvalue weighted by Crippen LogP contribution is -2.51. The van der Waals surface area contributed by atoms with E-state index in [4.69, 9.17) is 0 Å². The molecule has 0 aromatic heterocycles. The fraction of sp³-hybridized carbons (Fsp3) is 0.310. The Labute approximate surface area is 234 Å². The SMILES string of the molecule is CN1Cc2ccccc2CC1C(=O)N1CCC(c2ccc(NC(=O)c3cc(F)cc([N+](=O)[O-])c3Br)cc2)CC1. The minimum Gasteiger partial charge on any atom is -0.341 e. The van der Waals surface area contributed by atoms with Crippen molar-refractivity contribution in [2.45, 2.75) is 37.8 Å². The van der Waals surface area contributed by atoms with Gasteiger partial charge in [-0.1, -0.05) is 36.4 Å². The lowest BCUT2D eigenvalue weighted by atomic mass is 9.88. The van der Waals surface area contributed by atoms with Gasteiger partial charge in [-0.2, -0.15) is 0 Å². The average molecular weight is 595 g/mol. The van der Waals surface area contributed by atoms with Gasteiger partial charge in [0.1, 0.15) is 10.3 Å². The number of carbonyl (C=O) groups is 2. The van der Waals surface area contributed by atoms with Gasteiger partial charge in [-0.25, -0.2) is 4.39 Å². The summed E-state index contributed by atoms with van der Waals surface area (Å²) in [5.74, 6) is -1.04. The predicted molar refractivity (Wildman–Crippen MR) is 149 cm³/mol. The molecule has 1 saturated heterocycles. The summed E-state index contributed by atoms with van der Waals surface area (Å²) in [4.78, 5) is 40.6. The smallest absolute Gasteiger partial charge is 0.287 e. The first-order valence-corrected chi connectivity index (χ1v) is 13.6. The third-order valence-corrected chi connectivity index (χ3v) is 8.51. The van der Waals surface area contributed by atoms with E-state index in [9.17, 15) is 24.1 Å². The van der Waals surface area contributed by atoms with Crippen LogP contribution in [0.15, 0.2) is 65.1 Å². The highest BCUT2D eigenvalue weighted by molar-refractivity contribution is 9.10. The second-order valence-electron chi connectivity index (χ2n) is 10.1. The fourth-order valence-corrected chi connectivity index (χ4v) is 6.04. The lowest BCUT2D eigenvalue weighted by molar-refractivity contribution is -0.385. The van der Waals surface area contributed by atoms with Crippen molar-refractivity contribution in [2.75, 3.05) is 25.5 Å². The van der Waals surface area contributed by atoms with Gasteiger partial charge in [0, 0.05) is 25.3 Å². The molecule has 0 bridgehead atoms. The van der Waals surface area contributed by atoms with Crippen LogP contribution in [0.3, 0.4) is 0 Å². The maximum atomic E-state index is 13.9. The van der Waals surface area contributed by atoms with Crippen LogP contribution in [0.4, 0.5) is 15.8 Å². The van der Waals surface area contributed by atoms with Crippen LogP contribution in [0.25, 0.3) is 0 Å². The van der Waals surface area contributed by atoms with Crippen molar-refractivity contribution in [2.24, 2.45) is 0 Å². The predicted octanol–water partition coefficient (Wildman–Crippen LogP) is 5.51. The minimum absolute atomic E-state index is 0.0760. The monoisotopic (exact) mass is 594 g/mol. The summed E-state index contributed by atoms with van der Waals surface area (Å²) >= 11 is 3.04. The van der Waals surface area contributed by atoms with E-state index < -0.39 is 22.3 Å². The van der Waals surface area contributed by atoms with Crippen LogP contribution < -0.4 is 5.32 Å². The minimum atomic E-state index is -0.866. The number of fused-ring (bicyclic) bond motifs is 1. The van der Waals surface area contributed by atoms with Crippen molar-refractivity contribution in [3.63, 3.8) is 0 Å². The molecule has 0 aliphatic carbocycles. The number of amides is 2. The number of nitro groups is 1. The normalized spacial score (nSPS) is 17.9. The maximum absolute atomic E-state index is 13.9. The molecule has 2 aliphatic heterocycles. The Morgan fingerprint density at radius 1 is 1.05 bits per heavy atom. The molecular formula is C29H28BrFN4O4. The standard InChI is InChI=1S/C29H28BrFN4O4/c1-33-17-21-5-3-2-4-20(21)14-26(33)29(37)34-12-10-19(11-13-34)18-6-8-23(9-7-18)32-28(36)24-15-22(31)16-25(27(24)30)35(38)39/h2-9,15-16,19,26H,10-14,17H2,1H3,(H,32,36). The second-order valence-corrected chi connectivity index (χ2v) is 10.9. The molecule has 8 nitrogen and oxygen atoms in total. The van der Waals surface area contributed by atoms with E-state index in [1.54, 1.807) is 12.1 Å². The van der Waals surface area contributed by atoms with Crippen molar-refractivity contribution in [1.82, 2.24) is 9.80 Å². The summed E-state index contributed by atoms with van der Waals surface area (Å²) in [6, 6.07) is 17.3. The maximum Gasteiger partial charge on any atom is 0.287 e. The van der Waals surface area contributed by atoms with Gasteiger partial charge >= 0.3 is 0 Å². The van der Waals surface area contributed by atoms with Crippen LogP contribution in [0.5, 0.6) is 0 Å². The number of nitrogens with zero attached hydrogens (tertiary/aromatic N) is 3. The number of hydrogen-bond acceptors (Lipinski definition) is 5. The molecular weight excluding hydrogens is 567 g/mol. The van der Waals surface area contributed by atoms with Gasteiger partial charge in [0.05, 0.1) is 22.6 Å². The third kappa shape index (κ3) is 5.72. The molecule has 0 spiro atoms. The van der Waals surface area contributed by atoms with Gasteiger partial charge < -0.3 is 10.2 Å². The molecule has 202 valence electrons. The van der Waals surface area contributed by atoms with E-state index >= 15 is 0 Å². The summed E-state index contributed by atoms with van der Waals surface area (Å²) < 4.78 is 13.8. The van der Waals surface area contributed by atoms with Crippen molar-refractivity contribution < 1.29 is 18.9 Å². The molecule has 2 heterocycles. The summed E-state index contributed by atoms with van der Waals surface area (Å²) in [5.41, 5.74) is 3.48. The number of rotatable bonds is 5. The molecule has 1 unspecified atom stereocenters. The molecule has 1 N–H and O–H groups in total. The summed E-state index contributed by atoms with van der Waals surface area (Å²) in [6.45, 7) is 2.17. The van der Waals surface area contributed by atoms with Crippen LogP contribution in [0, 0.1) is 15.9 Å². The Hall–Kier alpha value is -3.63. The molecule has 1 fully saturated rings. The molecule has 3 aromatic carbocycles. The number of halogens is 2. The molecule has 3 aromatic rings. The molecule has 0 saturated carbocycles. The third-order valence-electron chi connectivity index (χ3n) is 7.67. The number of piperidine rings is 1. The van der Waals surface area contributed by atoms with E-state index in [2.05, 4.69) is 38.3 Å². The van der Waals surface area contributed by atoms with Crippen molar-refractivity contribution in [3.05, 3.63) is 103 Å². The zero-order valence-corrected chi connectivity index (χ0v) is 23.0. The highest BCUT2D eigenvalue weighted by atomic mass is 79.9. The van der Waals surface area contributed by atoms with Crippen LogP contribution in [-0.2, 0) is 17.8 Å². The Kier molecular flexibility index (Phi) is 7.76. The first kappa shape index (κ1) is 27.0. The Morgan fingerprint density at radius 2 is 1.72 bits per heavy atom. The number of carbonyl (C=O) groups excluding carboxylic acids is 2. The second kappa shape index (κ2) is 11.2. The van der Waals surface area contributed by atoms with Crippen molar-refractivity contribution in [3.8, 4) is 0 Å². The zero-order chi connectivity index (χ0) is 27.7. The van der Waals surface area contributed by atoms with Gasteiger partial charge in [0.2, 0.25) is 5.91 Å². The number of nitrogens with one attached hydrogen (secondary N) is 1. The number of nitro benzene ring substituents is 1. The molecule has 0 radical (unpaired) electrons.